The number of nitrogens with one attached hydrogen (secondary N) is 1. The molecule has 0 amide bonds. The van der Waals surface area contributed by atoms with Crippen LogP contribution in [-0.2, 0) is 4.79 Å². The molecule has 0 atom stereocenters. The summed E-state index contributed by atoms with van der Waals surface area (Å²) in [5.41, 5.74) is 1.11. The summed E-state index contributed by atoms with van der Waals surface area (Å²) in [6, 6.07) is 8.42. The fourth-order valence-electron chi connectivity index (χ4n) is 4.29. The molecule has 3 aliphatic rings. The molecule has 3 saturated carbocycles. The molecule has 0 unspecified atom stereocenters. The van der Waals surface area contributed by atoms with E-state index in [1.54, 1.807) is 12.1 Å². The third kappa shape index (κ3) is 4.21. The van der Waals surface area contributed by atoms with Crippen LogP contribution >= 0.6 is 0 Å². The van der Waals surface area contributed by atoms with Gasteiger partial charge in [-0.15, -0.1) is 0 Å². The van der Waals surface area contributed by atoms with Crippen LogP contribution in [0.1, 0.15) is 50.0 Å². The molecule has 136 valence electrons. The molecule has 0 radical (unpaired) electrons. The molecule has 5 heteroatoms. The molecule has 0 aliphatic heterocycles. The second kappa shape index (κ2) is 7.04. The molecule has 25 heavy (non-hydrogen) atoms. The number of carboxylic acid groups (broad SMARTS) is 1. The summed E-state index contributed by atoms with van der Waals surface area (Å²) in [5.74, 6) is 0.339. The highest BCUT2D eigenvalue weighted by Crippen LogP contribution is 2.39. The maximum absolute atomic E-state index is 13.3. The zero-order valence-corrected chi connectivity index (χ0v) is 14.5. The van der Waals surface area contributed by atoms with E-state index in [0.29, 0.717) is 24.0 Å². The molecule has 3 fully saturated rings. The van der Waals surface area contributed by atoms with Gasteiger partial charge < -0.3 is 10.4 Å². The second-order valence-electron chi connectivity index (χ2n) is 8.18. The summed E-state index contributed by atoms with van der Waals surface area (Å²) in [5, 5.41) is 12.8. The number of rotatable bonds is 8. The van der Waals surface area contributed by atoms with Crippen LogP contribution in [0.15, 0.2) is 24.3 Å². The molecule has 0 spiro atoms. The number of carboxylic acids is 1. The summed E-state index contributed by atoms with van der Waals surface area (Å²) in [6.45, 7) is 1.13. The molecular formula is C20H27FN2O2. The molecule has 0 bridgehead atoms. The molecule has 1 aromatic carbocycles. The van der Waals surface area contributed by atoms with E-state index < -0.39 is 5.97 Å². The SMILES string of the molecule is O=C(O)CN(CC1CC1)C1CC(NC2CC(c3cccc(F)c3)C2)C1. The van der Waals surface area contributed by atoms with Gasteiger partial charge in [-0.25, -0.2) is 4.39 Å². The van der Waals surface area contributed by atoms with Crippen molar-refractivity contribution in [2.24, 2.45) is 5.92 Å². The van der Waals surface area contributed by atoms with Gasteiger partial charge in [-0.1, -0.05) is 12.1 Å². The Labute approximate surface area is 148 Å². The van der Waals surface area contributed by atoms with Crippen LogP contribution in [0.25, 0.3) is 0 Å². The van der Waals surface area contributed by atoms with Crippen LogP contribution in [0, 0.1) is 11.7 Å². The lowest BCUT2D eigenvalue weighted by atomic mass is 9.74. The maximum atomic E-state index is 13.3. The van der Waals surface area contributed by atoms with Gasteiger partial charge in [0.05, 0.1) is 6.54 Å². The maximum Gasteiger partial charge on any atom is 0.317 e. The van der Waals surface area contributed by atoms with Crippen molar-refractivity contribution in [3.05, 3.63) is 35.6 Å². The first-order valence-corrected chi connectivity index (χ1v) is 9.54. The van der Waals surface area contributed by atoms with E-state index in [9.17, 15) is 9.18 Å². The van der Waals surface area contributed by atoms with Gasteiger partial charge in [0.25, 0.3) is 0 Å². The van der Waals surface area contributed by atoms with Crippen molar-refractivity contribution in [1.29, 1.82) is 0 Å². The zero-order chi connectivity index (χ0) is 17.4. The van der Waals surface area contributed by atoms with Gasteiger partial charge in [0.2, 0.25) is 0 Å². The van der Waals surface area contributed by atoms with Gasteiger partial charge in [0, 0.05) is 24.7 Å². The lowest BCUT2D eigenvalue weighted by Crippen LogP contribution is -2.57. The highest BCUT2D eigenvalue weighted by molar-refractivity contribution is 5.69. The largest absolute Gasteiger partial charge is 0.480 e. The van der Waals surface area contributed by atoms with Crippen molar-refractivity contribution < 1.29 is 14.3 Å². The van der Waals surface area contributed by atoms with E-state index in [1.807, 2.05) is 6.07 Å². The minimum Gasteiger partial charge on any atom is -0.480 e. The van der Waals surface area contributed by atoms with Gasteiger partial charge in [-0.3, -0.25) is 9.69 Å². The van der Waals surface area contributed by atoms with Crippen molar-refractivity contribution in [3.63, 3.8) is 0 Å². The van der Waals surface area contributed by atoms with Crippen molar-refractivity contribution in [2.75, 3.05) is 13.1 Å². The quantitative estimate of drug-likeness (QED) is 0.760. The van der Waals surface area contributed by atoms with E-state index in [1.165, 1.54) is 18.9 Å². The molecule has 0 aromatic heterocycles. The zero-order valence-electron chi connectivity index (χ0n) is 14.5. The summed E-state index contributed by atoms with van der Waals surface area (Å²) >= 11 is 0. The molecule has 0 saturated heterocycles. The van der Waals surface area contributed by atoms with E-state index >= 15 is 0 Å². The van der Waals surface area contributed by atoms with Gasteiger partial charge in [0.15, 0.2) is 0 Å². The van der Waals surface area contributed by atoms with E-state index in [-0.39, 0.29) is 12.4 Å². The van der Waals surface area contributed by atoms with Crippen molar-refractivity contribution >= 4 is 5.97 Å². The van der Waals surface area contributed by atoms with Crippen molar-refractivity contribution in [1.82, 2.24) is 10.2 Å². The lowest BCUT2D eigenvalue weighted by Gasteiger charge is -2.47. The van der Waals surface area contributed by atoms with Gasteiger partial charge in [0.1, 0.15) is 5.82 Å². The van der Waals surface area contributed by atoms with E-state index in [0.717, 1.165) is 43.7 Å². The average molecular weight is 346 g/mol. The molecule has 3 aliphatic carbocycles. The lowest BCUT2D eigenvalue weighted by molar-refractivity contribution is -0.139. The Hall–Kier alpha value is -1.46. The monoisotopic (exact) mass is 346 g/mol. The highest BCUT2D eigenvalue weighted by atomic mass is 19.1. The van der Waals surface area contributed by atoms with Gasteiger partial charge in [-0.2, -0.15) is 0 Å². The van der Waals surface area contributed by atoms with E-state index in [4.69, 9.17) is 5.11 Å². The van der Waals surface area contributed by atoms with Crippen LogP contribution in [0.4, 0.5) is 4.39 Å². The first-order chi connectivity index (χ1) is 12.1. The highest BCUT2D eigenvalue weighted by Gasteiger charge is 2.40. The Morgan fingerprint density at radius 2 is 1.92 bits per heavy atom. The molecule has 1 aromatic rings. The number of hydrogen-bond acceptors (Lipinski definition) is 3. The normalized spacial score (nSPS) is 31.4. The average Bonchev–Trinajstić information content (AvgIpc) is 3.26. The van der Waals surface area contributed by atoms with Crippen molar-refractivity contribution in [2.45, 2.75) is 62.6 Å². The predicted molar refractivity (Wildman–Crippen MR) is 94.0 cm³/mol. The Bertz CT molecular complexity index is 622. The Morgan fingerprint density at radius 1 is 1.20 bits per heavy atom. The molecule has 4 rings (SSSR count). The van der Waals surface area contributed by atoms with Crippen LogP contribution < -0.4 is 5.32 Å². The Kier molecular flexibility index (Phi) is 4.78. The third-order valence-corrected chi connectivity index (χ3v) is 6.09. The first kappa shape index (κ1) is 17.0. The number of carbonyl (C=O) groups is 1. The summed E-state index contributed by atoms with van der Waals surface area (Å²) in [4.78, 5) is 13.3. The number of hydrogen-bond donors (Lipinski definition) is 2. The Balaban J connectivity index is 1.19. The van der Waals surface area contributed by atoms with Crippen LogP contribution in [0.2, 0.25) is 0 Å². The predicted octanol–water partition coefficient (Wildman–Crippen LogP) is 2.99. The number of halogens is 1. The van der Waals surface area contributed by atoms with Crippen LogP contribution in [0.5, 0.6) is 0 Å². The summed E-state index contributed by atoms with van der Waals surface area (Å²) in [7, 11) is 0. The van der Waals surface area contributed by atoms with Gasteiger partial charge >= 0.3 is 5.97 Å². The minimum atomic E-state index is -0.714. The fourth-order valence-corrected chi connectivity index (χ4v) is 4.29. The fraction of sp³-hybridized carbons (Fsp3) is 0.650. The number of nitrogens with zero attached hydrogens (tertiary/aromatic N) is 1. The van der Waals surface area contributed by atoms with E-state index in [2.05, 4.69) is 10.2 Å². The van der Waals surface area contributed by atoms with Crippen LogP contribution in [-0.4, -0.2) is 47.2 Å². The number of aliphatic carboxylic acids is 1. The summed E-state index contributed by atoms with van der Waals surface area (Å²) in [6.07, 6.45) is 6.78. The van der Waals surface area contributed by atoms with Crippen LogP contribution in [0.3, 0.4) is 0 Å². The standard InChI is InChI=1S/C20H27FN2O2/c21-16-3-1-2-14(6-16)15-7-17(8-15)22-18-9-19(10-18)23(12-20(24)25)11-13-4-5-13/h1-3,6,13,15,17-19,22H,4-5,7-12H2,(H,24,25). The summed E-state index contributed by atoms with van der Waals surface area (Å²) < 4.78 is 13.3. The molecule has 0 heterocycles. The number of benzene rings is 1. The third-order valence-electron chi connectivity index (χ3n) is 6.09. The van der Waals surface area contributed by atoms with Gasteiger partial charge in [-0.05, 0) is 68.1 Å². The first-order valence-electron chi connectivity index (χ1n) is 9.54. The molecule has 4 nitrogen and oxygen atoms in total. The Morgan fingerprint density at radius 3 is 2.56 bits per heavy atom. The van der Waals surface area contributed by atoms with Crippen molar-refractivity contribution in [3.8, 4) is 0 Å². The topological polar surface area (TPSA) is 52.6 Å². The smallest absolute Gasteiger partial charge is 0.317 e. The second-order valence-corrected chi connectivity index (χ2v) is 8.18. The molecule has 2 N–H and O–H groups in total. The molecular weight excluding hydrogens is 319 g/mol. The minimum absolute atomic E-state index is 0.148.